The molecule has 0 amide bonds. The van der Waals surface area contributed by atoms with Crippen LogP contribution in [0.5, 0.6) is 0 Å². The first-order chi connectivity index (χ1) is 13.6. The molecule has 5 heteroatoms. The summed E-state index contributed by atoms with van der Waals surface area (Å²) in [6.07, 6.45) is 6.27. The average molecular weight is 393 g/mol. The van der Waals surface area contributed by atoms with Crippen LogP contribution in [0.4, 0.5) is 0 Å². The first-order valence-corrected chi connectivity index (χ1v) is 11.1. The number of thiophene rings is 1. The van der Waals surface area contributed by atoms with Crippen LogP contribution in [-0.4, -0.2) is 20.5 Å². The van der Waals surface area contributed by atoms with Crippen molar-refractivity contribution >= 4 is 17.0 Å². The number of hydrogen-bond donors (Lipinski definition) is 0. The highest BCUT2D eigenvalue weighted by Gasteiger charge is 2.24. The van der Waals surface area contributed by atoms with E-state index in [-0.39, 0.29) is 0 Å². The van der Waals surface area contributed by atoms with Gasteiger partial charge in [-0.15, -0.1) is 21.5 Å². The number of benzene rings is 1. The lowest BCUT2D eigenvalue weighted by Gasteiger charge is -2.09. The lowest BCUT2D eigenvalue weighted by molar-refractivity contribution is 0.670. The molecule has 0 atom stereocenters. The fourth-order valence-electron chi connectivity index (χ4n) is 3.76. The van der Waals surface area contributed by atoms with E-state index in [1.165, 1.54) is 57.8 Å². The fraction of sp³-hybridized carbons (Fsp3) is 0.435. The molecule has 3 aromatic rings. The third kappa shape index (κ3) is 3.55. The van der Waals surface area contributed by atoms with Crippen molar-refractivity contribution in [2.45, 2.75) is 66.3 Å². The summed E-state index contributed by atoms with van der Waals surface area (Å²) >= 11 is 1.88. The zero-order valence-electron chi connectivity index (χ0n) is 17.2. The summed E-state index contributed by atoms with van der Waals surface area (Å²) in [4.78, 5) is 6.41. The largest absolute Gasteiger partial charge is 0.276 e. The maximum Gasteiger partial charge on any atom is 0.160 e. The highest BCUT2D eigenvalue weighted by Crippen LogP contribution is 2.34. The quantitative estimate of drug-likeness (QED) is 0.503. The molecule has 3 heterocycles. The summed E-state index contributed by atoms with van der Waals surface area (Å²) < 4.78 is 2.20. The molecule has 146 valence electrons. The molecule has 1 aliphatic heterocycles. The smallest absolute Gasteiger partial charge is 0.160 e. The molecule has 4 nitrogen and oxygen atoms in total. The van der Waals surface area contributed by atoms with Crippen molar-refractivity contribution in [1.29, 1.82) is 0 Å². The molecule has 0 aliphatic carbocycles. The Bertz CT molecular complexity index is 1030. The summed E-state index contributed by atoms with van der Waals surface area (Å²) in [7, 11) is 0. The zero-order valence-corrected chi connectivity index (χ0v) is 18.1. The first kappa shape index (κ1) is 19.1. The van der Waals surface area contributed by atoms with Crippen molar-refractivity contribution in [1.82, 2.24) is 14.8 Å². The molecule has 4 rings (SSSR count). The minimum absolute atomic E-state index is 0.566. The van der Waals surface area contributed by atoms with Gasteiger partial charge in [0.2, 0.25) is 0 Å². The minimum Gasteiger partial charge on any atom is -0.276 e. The van der Waals surface area contributed by atoms with Crippen LogP contribution >= 0.6 is 11.3 Å². The van der Waals surface area contributed by atoms with Crippen LogP contribution in [0.2, 0.25) is 0 Å². The summed E-state index contributed by atoms with van der Waals surface area (Å²) in [5, 5.41) is 9.91. The monoisotopic (exact) mass is 392 g/mol. The van der Waals surface area contributed by atoms with Gasteiger partial charge >= 0.3 is 0 Å². The Kier molecular flexibility index (Phi) is 5.44. The van der Waals surface area contributed by atoms with E-state index in [1.54, 1.807) is 0 Å². The highest BCUT2D eigenvalue weighted by molar-refractivity contribution is 7.15. The molecule has 0 saturated heterocycles. The van der Waals surface area contributed by atoms with Gasteiger partial charge in [0.15, 0.2) is 5.82 Å². The van der Waals surface area contributed by atoms with Gasteiger partial charge in [0, 0.05) is 16.0 Å². The van der Waals surface area contributed by atoms with Crippen molar-refractivity contribution in [3.63, 3.8) is 0 Å². The van der Waals surface area contributed by atoms with E-state index in [2.05, 4.69) is 59.8 Å². The van der Waals surface area contributed by atoms with Gasteiger partial charge < -0.3 is 0 Å². The van der Waals surface area contributed by atoms with E-state index in [0.717, 1.165) is 23.8 Å². The van der Waals surface area contributed by atoms with Crippen molar-refractivity contribution < 1.29 is 0 Å². The third-order valence-electron chi connectivity index (χ3n) is 5.55. The van der Waals surface area contributed by atoms with Gasteiger partial charge in [0.25, 0.3) is 0 Å². The van der Waals surface area contributed by atoms with E-state index in [4.69, 9.17) is 4.99 Å². The second kappa shape index (κ2) is 8.00. The standard InChI is InChI=1S/C23H28N4S/c1-5-6-7-8-9-19-13-20-22(18-11-10-15(2)16(3)12-18)24-14-21-26-25-17(4)27(21)23(20)28-19/h10-13H,5-9,14H2,1-4H3. The van der Waals surface area contributed by atoms with E-state index in [1.807, 2.05) is 18.3 Å². The second-order valence-electron chi connectivity index (χ2n) is 7.70. The molecule has 0 unspecified atom stereocenters. The van der Waals surface area contributed by atoms with Gasteiger partial charge in [0.05, 0.1) is 5.71 Å². The van der Waals surface area contributed by atoms with Crippen LogP contribution in [0.1, 0.15) is 71.4 Å². The topological polar surface area (TPSA) is 43.1 Å². The van der Waals surface area contributed by atoms with Crippen LogP contribution in [0.15, 0.2) is 29.3 Å². The number of aliphatic imine (C=N–C) groups is 1. The maximum absolute atomic E-state index is 4.98. The molecule has 2 aromatic heterocycles. The van der Waals surface area contributed by atoms with Crippen molar-refractivity contribution in [2.24, 2.45) is 4.99 Å². The van der Waals surface area contributed by atoms with Crippen molar-refractivity contribution in [3.05, 3.63) is 63.0 Å². The van der Waals surface area contributed by atoms with E-state index >= 15 is 0 Å². The summed E-state index contributed by atoms with van der Waals surface area (Å²) in [5.74, 6) is 1.86. The Balaban J connectivity index is 1.77. The molecule has 1 aliphatic rings. The normalized spacial score (nSPS) is 13.1. The third-order valence-corrected chi connectivity index (χ3v) is 6.73. The van der Waals surface area contributed by atoms with Gasteiger partial charge in [-0.3, -0.25) is 9.56 Å². The Labute approximate surface area is 171 Å². The average Bonchev–Trinajstić information content (AvgIpc) is 3.21. The zero-order chi connectivity index (χ0) is 19.7. The molecule has 1 aromatic carbocycles. The van der Waals surface area contributed by atoms with Gasteiger partial charge in [-0.05, 0) is 56.9 Å². The fourth-order valence-corrected chi connectivity index (χ4v) is 5.03. The number of hydrogen-bond acceptors (Lipinski definition) is 4. The summed E-state index contributed by atoms with van der Waals surface area (Å²) in [6, 6.07) is 9.01. The van der Waals surface area contributed by atoms with Gasteiger partial charge in [-0.25, -0.2) is 0 Å². The number of rotatable bonds is 6. The maximum atomic E-state index is 4.98. The molecular weight excluding hydrogens is 364 g/mol. The first-order valence-electron chi connectivity index (χ1n) is 10.2. The summed E-state index contributed by atoms with van der Waals surface area (Å²) in [5.41, 5.74) is 6.11. The number of aryl methyl sites for hydroxylation is 4. The Morgan fingerprint density at radius 3 is 2.64 bits per heavy atom. The Morgan fingerprint density at radius 2 is 1.86 bits per heavy atom. The van der Waals surface area contributed by atoms with E-state index in [9.17, 15) is 0 Å². The lowest BCUT2D eigenvalue weighted by atomic mass is 9.99. The van der Waals surface area contributed by atoms with E-state index < -0.39 is 0 Å². The van der Waals surface area contributed by atoms with Crippen molar-refractivity contribution in [3.8, 4) is 5.00 Å². The number of nitrogens with zero attached hydrogens (tertiary/aromatic N) is 4. The predicted octanol–water partition coefficient (Wildman–Crippen LogP) is 5.73. The van der Waals surface area contributed by atoms with Crippen LogP contribution in [0.3, 0.4) is 0 Å². The van der Waals surface area contributed by atoms with Gasteiger partial charge in [-0.1, -0.05) is 38.3 Å². The molecule has 0 spiro atoms. The molecule has 0 saturated carbocycles. The SMILES string of the molecule is CCCCCCc1cc2c(s1)-n1c(C)nnc1CN=C2c1ccc(C)c(C)c1. The molecule has 0 bridgehead atoms. The van der Waals surface area contributed by atoms with Crippen LogP contribution in [0, 0.1) is 20.8 Å². The van der Waals surface area contributed by atoms with Crippen LogP contribution < -0.4 is 0 Å². The number of aromatic nitrogens is 3. The van der Waals surface area contributed by atoms with E-state index in [0.29, 0.717) is 6.54 Å². The molecule has 0 N–H and O–H groups in total. The number of unbranched alkanes of at least 4 members (excludes halogenated alkanes) is 3. The predicted molar refractivity (Wildman–Crippen MR) is 117 cm³/mol. The minimum atomic E-state index is 0.566. The molecular formula is C23H28N4S. The summed E-state index contributed by atoms with van der Waals surface area (Å²) in [6.45, 7) is 9.18. The van der Waals surface area contributed by atoms with Gasteiger partial charge in [-0.2, -0.15) is 0 Å². The number of fused-ring (bicyclic) bond motifs is 3. The van der Waals surface area contributed by atoms with Gasteiger partial charge in [0.1, 0.15) is 17.4 Å². The molecule has 0 fully saturated rings. The Hall–Kier alpha value is -2.27. The molecule has 0 radical (unpaired) electrons. The Morgan fingerprint density at radius 1 is 1.00 bits per heavy atom. The second-order valence-corrected chi connectivity index (χ2v) is 8.82. The lowest BCUT2D eigenvalue weighted by Crippen LogP contribution is -2.05. The molecule has 28 heavy (non-hydrogen) atoms. The van der Waals surface area contributed by atoms with Crippen LogP contribution in [0.25, 0.3) is 5.00 Å². The highest BCUT2D eigenvalue weighted by atomic mass is 32.1. The van der Waals surface area contributed by atoms with Crippen LogP contribution in [-0.2, 0) is 13.0 Å². The van der Waals surface area contributed by atoms with Crippen molar-refractivity contribution in [2.75, 3.05) is 0 Å².